The molecule has 0 bridgehead atoms. The van der Waals surface area contributed by atoms with Crippen molar-refractivity contribution >= 4 is 5.97 Å². The maximum atomic E-state index is 11.0. The molecule has 0 rings (SSSR count). The first kappa shape index (κ1) is 15.3. The fourth-order valence-corrected chi connectivity index (χ4v) is 1.21. The fraction of sp³-hybridized carbons (Fsp3) is 0.909. The zero-order chi connectivity index (χ0) is 12.2. The SMILES string of the molecule is CCOC(=O)CNCCC(OCC)OCC. The van der Waals surface area contributed by atoms with Crippen molar-refractivity contribution in [2.45, 2.75) is 33.5 Å². The summed E-state index contributed by atoms with van der Waals surface area (Å²) in [5, 5.41) is 2.98. The van der Waals surface area contributed by atoms with E-state index >= 15 is 0 Å². The van der Waals surface area contributed by atoms with E-state index in [9.17, 15) is 4.79 Å². The first-order valence-corrected chi connectivity index (χ1v) is 5.84. The minimum atomic E-state index is -0.230. The summed E-state index contributed by atoms with van der Waals surface area (Å²) in [6.07, 6.45) is 0.533. The molecule has 1 N–H and O–H groups in total. The number of hydrogen-bond donors (Lipinski definition) is 1. The van der Waals surface area contributed by atoms with Crippen molar-refractivity contribution in [1.82, 2.24) is 5.32 Å². The van der Waals surface area contributed by atoms with Crippen LogP contribution in [-0.2, 0) is 19.0 Å². The van der Waals surface area contributed by atoms with Crippen molar-refractivity contribution in [3.63, 3.8) is 0 Å². The molecule has 0 radical (unpaired) electrons. The van der Waals surface area contributed by atoms with E-state index in [0.717, 1.165) is 6.42 Å². The number of carbonyl (C=O) groups excluding carboxylic acids is 1. The van der Waals surface area contributed by atoms with E-state index in [0.29, 0.717) is 26.4 Å². The molecular weight excluding hydrogens is 210 g/mol. The molecular formula is C11H23NO4. The zero-order valence-corrected chi connectivity index (χ0v) is 10.5. The second-order valence-electron chi connectivity index (χ2n) is 3.11. The Balaban J connectivity index is 3.49. The van der Waals surface area contributed by atoms with Crippen molar-refractivity contribution in [1.29, 1.82) is 0 Å². The molecule has 96 valence electrons. The Morgan fingerprint density at radius 2 is 1.75 bits per heavy atom. The molecule has 0 saturated heterocycles. The van der Waals surface area contributed by atoms with Crippen LogP contribution in [0.5, 0.6) is 0 Å². The van der Waals surface area contributed by atoms with E-state index in [1.54, 1.807) is 6.92 Å². The lowest BCUT2D eigenvalue weighted by atomic mass is 10.4. The van der Waals surface area contributed by atoms with Gasteiger partial charge in [-0.2, -0.15) is 0 Å². The highest BCUT2D eigenvalue weighted by atomic mass is 16.7. The highest BCUT2D eigenvalue weighted by Gasteiger charge is 2.07. The third-order valence-corrected chi connectivity index (χ3v) is 1.84. The van der Waals surface area contributed by atoms with Gasteiger partial charge < -0.3 is 19.5 Å². The van der Waals surface area contributed by atoms with Gasteiger partial charge in [0.15, 0.2) is 6.29 Å². The van der Waals surface area contributed by atoms with Crippen molar-refractivity contribution < 1.29 is 19.0 Å². The summed E-state index contributed by atoms with van der Waals surface area (Å²) in [6.45, 7) is 8.22. The summed E-state index contributed by atoms with van der Waals surface area (Å²) in [4.78, 5) is 11.0. The average molecular weight is 233 g/mol. The zero-order valence-electron chi connectivity index (χ0n) is 10.5. The summed E-state index contributed by atoms with van der Waals surface area (Å²) in [6, 6.07) is 0. The molecule has 0 atom stereocenters. The third kappa shape index (κ3) is 8.64. The maximum Gasteiger partial charge on any atom is 0.319 e. The largest absolute Gasteiger partial charge is 0.465 e. The molecule has 0 fully saturated rings. The van der Waals surface area contributed by atoms with Crippen molar-refractivity contribution in [2.24, 2.45) is 0 Å². The summed E-state index contributed by atoms with van der Waals surface area (Å²) in [5.41, 5.74) is 0. The number of hydrogen-bond acceptors (Lipinski definition) is 5. The van der Waals surface area contributed by atoms with Gasteiger partial charge in [0.2, 0.25) is 0 Å². The maximum absolute atomic E-state index is 11.0. The van der Waals surface area contributed by atoms with Gasteiger partial charge in [0.1, 0.15) is 0 Å². The molecule has 0 heterocycles. The fourth-order valence-electron chi connectivity index (χ4n) is 1.21. The molecule has 5 nitrogen and oxygen atoms in total. The van der Waals surface area contributed by atoms with Gasteiger partial charge in [0.05, 0.1) is 13.2 Å². The van der Waals surface area contributed by atoms with E-state index in [1.807, 2.05) is 13.8 Å². The lowest BCUT2D eigenvalue weighted by molar-refractivity contribution is -0.144. The van der Waals surface area contributed by atoms with Gasteiger partial charge in [-0.1, -0.05) is 0 Å². The number of carbonyl (C=O) groups is 1. The van der Waals surface area contributed by atoms with Gasteiger partial charge in [0, 0.05) is 26.2 Å². The van der Waals surface area contributed by atoms with E-state index in [2.05, 4.69) is 5.32 Å². The van der Waals surface area contributed by atoms with Crippen LogP contribution in [0.4, 0.5) is 0 Å². The van der Waals surface area contributed by atoms with Crippen LogP contribution in [0.3, 0.4) is 0 Å². The summed E-state index contributed by atoms with van der Waals surface area (Å²) < 4.78 is 15.5. The molecule has 0 aromatic carbocycles. The minimum Gasteiger partial charge on any atom is -0.465 e. The van der Waals surface area contributed by atoms with Gasteiger partial charge in [-0.3, -0.25) is 4.79 Å². The average Bonchev–Trinajstić information content (AvgIpc) is 2.25. The Morgan fingerprint density at radius 3 is 2.25 bits per heavy atom. The van der Waals surface area contributed by atoms with Gasteiger partial charge in [-0.25, -0.2) is 0 Å². The molecule has 5 heteroatoms. The highest BCUT2D eigenvalue weighted by molar-refractivity contribution is 5.71. The monoisotopic (exact) mass is 233 g/mol. The first-order valence-electron chi connectivity index (χ1n) is 5.84. The number of esters is 1. The van der Waals surface area contributed by atoms with Crippen LogP contribution >= 0.6 is 0 Å². The van der Waals surface area contributed by atoms with Crippen molar-refractivity contribution in [3.05, 3.63) is 0 Å². The van der Waals surface area contributed by atoms with Gasteiger partial charge in [0.25, 0.3) is 0 Å². The molecule has 0 aromatic heterocycles. The van der Waals surface area contributed by atoms with Crippen molar-refractivity contribution in [2.75, 3.05) is 32.9 Å². The number of ether oxygens (including phenoxy) is 3. The van der Waals surface area contributed by atoms with Crippen molar-refractivity contribution in [3.8, 4) is 0 Å². The molecule has 0 unspecified atom stereocenters. The molecule has 0 aliphatic carbocycles. The van der Waals surface area contributed by atoms with Crippen LogP contribution in [0.2, 0.25) is 0 Å². The van der Waals surface area contributed by atoms with Gasteiger partial charge in [-0.15, -0.1) is 0 Å². The van der Waals surface area contributed by atoms with Crippen LogP contribution in [-0.4, -0.2) is 45.2 Å². The lowest BCUT2D eigenvalue weighted by Crippen LogP contribution is -2.29. The topological polar surface area (TPSA) is 56.8 Å². The lowest BCUT2D eigenvalue weighted by Gasteiger charge is -2.16. The Morgan fingerprint density at radius 1 is 1.12 bits per heavy atom. The van der Waals surface area contributed by atoms with Crippen LogP contribution in [0.25, 0.3) is 0 Å². The highest BCUT2D eigenvalue weighted by Crippen LogP contribution is 1.99. The summed E-state index contributed by atoms with van der Waals surface area (Å²) >= 11 is 0. The third-order valence-electron chi connectivity index (χ3n) is 1.84. The Kier molecular flexibility index (Phi) is 10.4. The molecule has 16 heavy (non-hydrogen) atoms. The Labute approximate surface area is 97.4 Å². The second kappa shape index (κ2) is 10.9. The quantitative estimate of drug-likeness (QED) is 0.345. The minimum absolute atomic E-state index is 0.190. The number of nitrogens with one attached hydrogen (secondary N) is 1. The van der Waals surface area contributed by atoms with E-state index < -0.39 is 0 Å². The van der Waals surface area contributed by atoms with E-state index in [4.69, 9.17) is 14.2 Å². The predicted molar refractivity (Wildman–Crippen MR) is 61.2 cm³/mol. The van der Waals surface area contributed by atoms with Gasteiger partial charge >= 0.3 is 5.97 Å². The van der Waals surface area contributed by atoms with E-state index in [-0.39, 0.29) is 18.8 Å². The normalized spacial score (nSPS) is 10.8. The molecule has 0 aromatic rings. The van der Waals surface area contributed by atoms with E-state index in [1.165, 1.54) is 0 Å². The predicted octanol–water partition coefficient (Wildman–Crippen LogP) is 0.928. The molecule has 0 spiro atoms. The number of rotatable bonds is 10. The smallest absolute Gasteiger partial charge is 0.319 e. The van der Waals surface area contributed by atoms with Crippen LogP contribution in [0.1, 0.15) is 27.2 Å². The molecule has 0 saturated carbocycles. The standard InChI is InChI=1S/C11H23NO4/c1-4-14-10(13)9-12-8-7-11(15-5-2)16-6-3/h11-12H,4-9H2,1-3H3. The Bertz CT molecular complexity index is 169. The summed E-state index contributed by atoms with van der Waals surface area (Å²) in [5.74, 6) is -0.230. The van der Waals surface area contributed by atoms with Crippen LogP contribution in [0.15, 0.2) is 0 Å². The first-order chi connectivity index (χ1) is 7.74. The molecule has 0 aliphatic rings. The van der Waals surface area contributed by atoms with Crippen LogP contribution < -0.4 is 5.32 Å². The molecule has 0 amide bonds. The summed E-state index contributed by atoms with van der Waals surface area (Å²) in [7, 11) is 0. The molecule has 0 aliphatic heterocycles. The van der Waals surface area contributed by atoms with Crippen LogP contribution in [0, 0.1) is 0 Å². The Hall–Kier alpha value is -0.650. The van der Waals surface area contributed by atoms with Gasteiger partial charge in [-0.05, 0) is 20.8 Å². The second-order valence-corrected chi connectivity index (χ2v) is 3.11.